The Balaban J connectivity index is 1.73. The summed E-state index contributed by atoms with van der Waals surface area (Å²) in [6.07, 6.45) is 1.57. The summed E-state index contributed by atoms with van der Waals surface area (Å²) >= 11 is 1.27. The van der Waals surface area contributed by atoms with Crippen LogP contribution < -0.4 is 5.32 Å². The molecule has 0 unspecified atom stereocenters. The van der Waals surface area contributed by atoms with E-state index in [2.05, 4.69) is 10.3 Å². The summed E-state index contributed by atoms with van der Waals surface area (Å²) in [6, 6.07) is 9.67. The van der Waals surface area contributed by atoms with Crippen molar-refractivity contribution < 1.29 is 14.4 Å². The van der Waals surface area contributed by atoms with Crippen molar-refractivity contribution in [1.82, 2.24) is 9.88 Å². The minimum Gasteiger partial charge on any atom is -0.300 e. The number of carbonyl (C=O) groups excluding carboxylic acids is 3. The average Bonchev–Trinajstić information content (AvgIpc) is 3.12. The van der Waals surface area contributed by atoms with E-state index in [0.717, 1.165) is 10.3 Å². The first-order chi connectivity index (χ1) is 12.1. The summed E-state index contributed by atoms with van der Waals surface area (Å²) in [5.41, 5.74) is 0.864. The lowest BCUT2D eigenvalue weighted by molar-refractivity contribution is -0.119. The smallest absolute Gasteiger partial charge is 0.262 e. The van der Waals surface area contributed by atoms with Crippen molar-refractivity contribution in [2.45, 2.75) is 13.0 Å². The standard InChI is InChI=1S/C18H13N3O3S/c1-10(15(22)20-18-19-8-9-25-18)21-16(23)12-6-2-4-11-5-3-7-13(14(11)12)17(21)24/h2-10H,1H3,(H,19,20,22)/t10-/m0/s1. The molecule has 1 atom stereocenters. The van der Waals surface area contributed by atoms with Crippen LogP contribution in [-0.4, -0.2) is 33.6 Å². The summed E-state index contributed by atoms with van der Waals surface area (Å²) < 4.78 is 0. The van der Waals surface area contributed by atoms with Crippen LogP contribution in [0.4, 0.5) is 5.13 Å². The summed E-state index contributed by atoms with van der Waals surface area (Å²) in [7, 11) is 0. The van der Waals surface area contributed by atoms with Crippen LogP contribution in [0.15, 0.2) is 48.0 Å². The summed E-state index contributed by atoms with van der Waals surface area (Å²) in [4.78, 5) is 43.2. The fraction of sp³-hybridized carbons (Fsp3) is 0.111. The Morgan fingerprint density at radius 1 is 1.12 bits per heavy atom. The van der Waals surface area contributed by atoms with Crippen LogP contribution >= 0.6 is 11.3 Å². The van der Waals surface area contributed by atoms with Gasteiger partial charge in [-0.3, -0.25) is 19.3 Å². The highest BCUT2D eigenvalue weighted by atomic mass is 32.1. The van der Waals surface area contributed by atoms with Gasteiger partial charge in [-0.05, 0) is 24.4 Å². The van der Waals surface area contributed by atoms with Crippen LogP contribution in [0.5, 0.6) is 0 Å². The minimum atomic E-state index is -0.951. The molecule has 4 rings (SSSR count). The molecule has 1 aliphatic heterocycles. The van der Waals surface area contributed by atoms with Gasteiger partial charge >= 0.3 is 0 Å². The van der Waals surface area contributed by atoms with Crippen molar-refractivity contribution in [3.8, 4) is 0 Å². The van der Waals surface area contributed by atoms with E-state index in [9.17, 15) is 14.4 Å². The number of hydrogen-bond donors (Lipinski definition) is 1. The van der Waals surface area contributed by atoms with Gasteiger partial charge in [0.15, 0.2) is 5.13 Å². The Morgan fingerprint density at radius 3 is 2.32 bits per heavy atom. The van der Waals surface area contributed by atoms with E-state index in [1.54, 1.807) is 35.8 Å². The molecule has 0 radical (unpaired) electrons. The second-order valence-electron chi connectivity index (χ2n) is 5.69. The third-order valence-corrected chi connectivity index (χ3v) is 4.92. The zero-order valence-corrected chi connectivity index (χ0v) is 14.0. The van der Waals surface area contributed by atoms with Gasteiger partial charge in [0.05, 0.1) is 0 Å². The number of hydrogen-bond acceptors (Lipinski definition) is 5. The van der Waals surface area contributed by atoms with E-state index in [0.29, 0.717) is 21.6 Å². The molecule has 3 aromatic rings. The molecule has 1 aromatic heterocycles. The highest BCUT2D eigenvalue weighted by Crippen LogP contribution is 2.31. The van der Waals surface area contributed by atoms with E-state index in [1.165, 1.54) is 18.3 Å². The molecular formula is C18H13N3O3S. The molecule has 0 saturated heterocycles. The van der Waals surface area contributed by atoms with Gasteiger partial charge in [0.2, 0.25) is 5.91 Å². The lowest BCUT2D eigenvalue weighted by Gasteiger charge is -2.30. The average molecular weight is 351 g/mol. The second-order valence-corrected chi connectivity index (χ2v) is 6.59. The molecule has 0 fully saturated rings. The third kappa shape index (κ3) is 2.40. The highest BCUT2D eigenvalue weighted by Gasteiger charge is 2.38. The Hall–Kier alpha value is -3.06. The lowest BCUT2D eigenvalue weighted by atomic mass is 9.93. The van der Waals surface area contributed by atoms with Crippen LogP contribution in [-0.2, 0) is 4.79 Å². The number of carbonyl (C=O) groups is 3. The normalized spacial score (nSPS) is 14.7. The van der Waals surface area contributed by atoms with E-state index >= 15 is 0 Å². The molecule has 7 heteroatoms. The predicted octanol–water partition coefficient (Wildman–Crippen LogP) is 2.92. The van der Waals surface area contributed by atoms with Crippen molar-refractivity contribution in [2.75, 3.05) is 5.32 Å². The minimum absolute atomic E-state index is 0.427. The summed E-state index contributed by atoms with van der Waals surface area (Å²) in [5, 5.41) is 6.26. The van der Waals surface area contributed by atoms with Crippen molar-refractivity contribution in [3.05, 3.63) is 59.1 Å². The first-order valence-corrected chi connectivity index (χ1v) is 8.56. The summed E-state index contributed by atoms with van der Waals surface area (Å²) in [5.74, 6) is -1.38. The Kier molecular flexibility index (Phi) is 3.58. The first kappa shape index (κ1) is 15.5. The number of nitrogens with one attached hydrogen (secondary N) is 1. The van der Waals surface area contributed by atoms with Crippen molar-refractivity contribution in [2.24, 2.45) is 0 Å². The molecule has 0 spiro atoms. The number of rotatable bonds is 3. The SMILES string of the molecule is C[C@@H](C(=O)Nc1nccs1)N1C(=O)c2cccc3cccc(c23)C1=O. The molecular weight excluding hydrogens is 338 g/mol. The van der Waals surface area contributed by atoms with Crippen LogP contribution in [0.1, 0.15) is 27.6 Å². The number of anilines is 1. The molecule has 1 N–H and O–H groups in total. The van der Waals surface area contributed by atoms with E-state index < -0.39 is 23.8 Å². The van der Waals surface area contributed by atoms with E-state index in [-0.39, 0.29) is 0 Å². The first-order valence-electron chi connectivity index (χ1n) is 7.68. The quantitative estimate of drug-likeness (QED) is 0.736. The Morgan fingerprint density at radius 2 is 1.76 bits per heavy atom. The largest absolute Gasteiger partial charge is 0.300 e. The van der Waals surface area contributed by atoms with Crippen LogP contribution in [0.25, 0.3) is 10.8 Å². The predicted molar refractivity (Wildman–Crippen MR) is 94.7 cm³/mol. The number of benzene rings is 2. The number of imide groups is 1. The molecule has 25 heavy (non-hydrogen) atoms. The molecule has 2 aromatic carbocycles. The maximum atomic E-state index is 12.9. The van der Waals surface area contributed by atoms with Gasteiger partial charge in [0, 0.05) is 28.1 Å². The molecule has 0 aliphatic carbocycles. The second kappa shape index (κ2) is 5.78. The third-order valence-electron chi connectivity index (χ3n) is 4.23. The highest BCUT2D eigenvalue weighted by molar-refractivity contribution is 7.13. The van der Waals surface area contributed by atoms with Gasteiger partial charge in [-0.2, -0.15) is 0 Å². The topological polar surface area (TPSA) is 79.4 Å². The number of amides is 3. The molecule has 1 aliphatic rings. The maximum absolute atomic E-state index is 12.9. The van der Waals surface area contributed by atoms with Gasteiger partial charge in [-0.15, -0.1) is 11.3 Å². The maximum Gasteiger partial charge on any atom is 0.262 e. The van der Waals surface area contributed by atoms with Crippen LogP contribution in [0.2, 0.25) is 0 Å². The number of thiazole rings is 1. The fourth-order valence-corrected chi connectivity index (χ4v) is 3.55. The Labute approximate surface area is 147 Å². The molecule has 0 saturated carbocycles. The Bertz CT molecular complexity index is 963. The van der Waals surface area contributed by atoms with E-state index in [1.807, 2.05) is 12.1 Å². The molecule has 6 nitrogen and oxygen atoms in total. The van der Waals surface area contributed by atoms with Gasteiger partial charge in [-0.25, -0.2) is 4.98 Å². The monoisotopic (exact) mass is 351 g/mol. The van der Waals surface area contributed by atoms with E-state index in [4.69, 9.17) is 0 Å². The molecule has 124 valence electrons. The summed E-state index contributed by atoms with van der Waals surface area (Å²) in [6.45, 7) is 1.53. The van der Waals surface area contributed by atoms with Crippen molar-refractivity contribution >= 4 is 45.0 Å². The molecule has 2 heterocycles. The van der Waals surface area contributed by atoms with Crippen LogP contribution in [0, 0.1) is 0 Å². The molecule has 3 amide bonds. The fourth-order valence-electron chi connectivity index (χ4n) is 3.01. The zero-order chi connectivity index (χ0) is 17.6. The van der Waals surface area contributed by atoms with Gasteiger partial charge in [0.1, 0.15) is 6.04 Å². The number of nitrogens with zero attached hydrogens (tertiary/aromatic N) is 2. The lowest BCUT2D eigenvalue weighted by Crippen LogP contribution is -2.50. The van der Waals surface area contributed by atoms with Crippen LogP contribution in [0.3, 0.4) is 0 Å². The van der Waals surface area contributed by atoms with Gasteiger partial charge in [-0.1, -0.05) is 24.3 Å². The van der Waals surface area contributed by atoms with Crippen molar-refractivity contribution in [1.29, 1.82) is 0 Å². The van der Waals surface area contributed by atoms with Crippen molar-refractivity contribution in [3.63, 3.8) is 0 Å². The molecule has 0 bridgehead atoms. The van der Waals surface area contributed by atoms with Gasteiger partial charge in [0.25, 0.3) is 11.8 Å². The van der Waals surface area contributed by atoms with Gasteiger partial charge < -0.3 is 5.32 Å². The zero-order valence-electron chi connectivity index (χ0n) is 13.2. The number of aromatic nitrogens is 1.